The number of para-hydroxylation sites is 1. The van der Waals surface area contributed by atoms with Gasteiger partial charge in [-0.25, -0.2) is 17.8 Å². The van der Waals surface area contributed by atoms with Gasteiger partial charge in [0.2, 0.25) is 15.9 Å². The summed E-state index contributed by atoms with van der Waals surface area (Å²) in [4.78, 5) is 11.2. The Morgan fingerprint density at radius 1 is 1.07 bits per heavy atom. The molecule has 0 aliphatic carbocycles. The van der Waals surface area contributed by atoms with E-state index < -0.39 is 10.0 Å². The van der Waals surface area contributed by atoms with Gasteiger partial charge in [-0.15, -0.1) is 0 Å². The molecule has 0 unspecified atom stereocenters. The molecular weight excluding hydrogens is 364 g/mol. The summed E-state index contributed by atoms with van der Waals surface area (Å²) >= 11 is 0. The third-order valence-corrected chi connectivity index (χ3v) is 5.32. The molecule has 0 saturated carbocycles. The Kier molecular flexibility index (Phi) is 5.68. The number of hydrogen-bond acceptors (Lipinski definition) is 4. The van der Waals surface area contributed by atoms with Crippen LogP contribution in [0.1, 0.15) is 12.5 Å². The van der Waals surface area contributed by atoms with Crippen molar-refractivity contribution >= 4 is 21.6 Å². The van der Waals surface area contributed by atoms with Crippen LogP contribution in [-0.2, 0) is 21.2 Å². The van der Waals surface area contributed by atoms with Crippen LogP contribution in [0.25, 0.3) is 5.69 Å². The molecule has 0 fully saturated rings. The number of nitrogens with one attached hydrogen (secondary N) is 2. The predicted molar refractivity (Wildman–Crippen MR) is 103 cm³/mol. The fraction of sp³-hybridized carbons (Fsp3) is 0.158. The first-order valence-electron chi connectivity index (χ1n) is 8.40. The number of sulfonamides is 1. The van der Waals surface area contributed by atoms with Gasteiger partial charge in [0, 0.05) is 25.4 Å². The largest absolute Gasteiger partial charge is 0.326 e. The lowest BCUT2D eigenvalue weighted by Crippen LogP contribution is -2.25. The van der Waals surface area contributed by atoms with E-state index in [4.69, 9.17) is 0 Å². The average molecular weight is 384 g/mol. The summed E-state index contributed by atoms with van der Waals surface area (Å²) in [5.74, 6) is -0.209. The molecule has 0 saturated heterocycles. The second-order valence-corrected chi connectivity index (χ2v) is 7.75. The van der Waals surface area contributed by atoms with Crippen molar-refractivity contribution in [2.75, 3.05) is 11.9 Å². The summed E-state index contributed by atoms with van der Waals surface area (Å²) in [6.07, 6.45) is 4.13. The zero-order valence-electron chi connectivity index (χ0n) is 14.8. The summed E-state index contributed by atoms with van der Waals surface area (Å²) in [6.45, 7) is 1.66. The standard InChI is InChI=1S/C19H20N4O3S/c1-15(24)22-17-7-9-19(10-8-17)27(25,26)21-12-11-16-13-20-23(14-16)18-5-3-2-4-6-18/h2-10,13-14,21H,11-12H2,1H3,(H,22,24). The Balaban J connectivity index is 1.58. The zero-order valence-corrected chi connectivity index (χ0v) is 15.6. The molecule has 0 aliphatic rings. The molecule has 0 bridgehead atoms. The highest BCUT2D eigenvalue weighted by Gasteiger charge is 2.13. The highest BCUT2D eigenvalue weighted by molar-refractivity contribution is 7.89. The number of nitrogens with zero attached hydrogens (tertiary/aromatic N) is 2. The molecule has 3 aromatic rings. The molecule has 2 aromatic carbocycles. The van der Waals surface area contributed by atoms with Crippen molar-refractivity contribution in [3.63, 3.8) is 0 Å². The van der Waals surface area contributed by atoms with Crippen LogP contribution in [0.15, 0.2) is 71.9 Å². The number of hydrogen-bond donors (Lipinski definition) is 2. The van der Waals surface area contributed by atoms with Crippen molar-refractivity contribution in [2.45, 2.75) is 18.2 Å². The van der Waals surface area contributed by atoms with Crippen molar-refractivity contribution in [1.29, 1.82) is 0 Å². The first-order chi connectivity index (χ1) is 12.9. The SMILES string of the molecule is CC(=O)Nc1ccc(S(=O)(=O)NCCc2cnn(-c3ccccc3)c2)cc1. The summed E-state index contributed by atoms with van der Waals surface area (Å²) < 4.78 is 29.1. The maximum Gasteiger partial charge on any atom is 0.240 e. The van der Waals surface area contributed by atoms with E-state index in [0.29, 0.717) is 12.1 Å². The lowest BCUT2D eigenvalue weighted by molar-refractivity contribution is -0.114. The molecule has 0 spiro atoms. The first-order valence-corrected chi connectivity index (χ1v) is 9.89. The van der Waals surface area contributed by atoms with E-state index in [0.717, 1.165) is 11.3 Å². The molecule has 0 atom stereocenters. The molecule has 0 aliphatic heterocycles. The second-order valence-electron chi connectivity index (χ2n) is 5.98. The number of carbonyl (C=O) groups excluding carboxylic acids is 1. The van der Waals surface area contributed by atoms with Gasteiger partial charge < -0.3 is 5.32 Å². The fourth-order valence-corrected chi connectivity index (χ4v) is 3.58. The molecule has 140 valence electrons. The quantitative estimate of drug-likeness (QED) is 0.654. The highest BCUT2D eigenvalue weighted by Crippen LogP contribution is 2.14. The van der Waals surface area contributed by atoms with E-state index in [-0.39, 0.29) is 17.3 Å². The van der Waals surface area contributed by atoms with Crippen LogP contribution in [-0.4, -0.2) is 30.7 Å². The monoisotopic (exact) mass is 384 g/mol. The van der Waals surface area contributed by atoms with Crippen molar-refractivity contribution in [3.8, 4) is 5.69 Å². The molecule has 27 heavy (non-hydrogen) atoms. The Labute approximate surface area is 158 Å². The van der Waals surface area contributed by atoms with Gasteiger partial charge in [0.1, 0.15) is 0 Å². The Morgan fingerprint density at radius 2 is 1.78 bits per heavy atom. The van der Waals surface area contributed by atoms with Crippen LogP contribution in [0.5, 0.6) is 0 Å². The maximum absolute atomic E-state index is 12.4. The molecular formula is C19H20N4O3S. The fourth-order valence-electron chi connectivity index (χ4n) is 2.54. The predicted octanol–water partition coefficient (Wildman–Crippen LogP) is 2.35. The highest BCUT2D eigenvalue weighted by atomic mass is 32.2. The molecule has 7 nitrogen and oxygen atoms in total. The number of rotatable bonds is 7. The molecule has 2 N–H and O–H groups in total. The minimum atomic E-state index is -3.61. The smallest absolute Gasteiger partial charge is 0.240 e. The number of anilines is 1. The lowest BCUT2D eigenvalue weighted by Gasteiger charge is -2.07. The molecule has 3 rings (SSSR count). The van der Waals surface area contributed by atoms with Gasteiger partial charge in [0.25, 0.3) is 0 Å². The number of carbonyl (C=O) groups is 1. The van der Waals surface area contributed by atoms with Crippen LogP contribution in [0.3, 0.4) is 0 Å². The lowest BCUT2D eigenvalue weighted by atomic mass is 10.2. The normalized spacial score (nSPS) is 11.3. The van der Waals surface area contributed by atoms with E-state index in [1.165, 1.54) is 19.1 Å². The topological polar surface area (TPSA) is 93.1 Å². The van der Waals surface area contributed by atoms with Gasteiger partial charge >= 0.3 is 0 Å². The molecule has 0 radical (unpaired) electrons. The van der Waals surface area contributed by atoms with Crippen molar-refractivity contribution in [1.82, 2.24) is 14.5 Å². The van der Waals surface area contributed by atoms with Gasteiger partial charge in [-0.3, -0.25) is 4.79 Å². The molecule has 1 heterocycles. The van der Waals surface area contributed by atoms with Crippen LogP contribution in [0, 0.1) is 0 Å². The average Bonchev–Trinajstić information content (AvgIpc) is 3.11. The molecule has 8 heteroatoms. The van der Waals surface area contributed by atoms with Gasteiger partial charge in [0.15, 0.2) is 0 Å². The number of aromatic nitrogens is 2. The van der Waals surface area contributed by atoms with Crippen molar-refractivity contribution < 1.29 is 13.2 Å². The molecule has 1 amide bonds. The zero-order chi connectivity index (χ0) is 19.3. The van der Waals surface area contributed by atoms with E-state index in [1.54, 1.807) is 23.0 Å². The maximum atomic E-state index is 12.4. The van der Waals surface area contributed by atoms with E-state index in [1.807, 2.05) is 36.5 Å². The van der Waals surface area contributed by atoms with Crippen LogP contribution < -0.4 is 10.0 Å². The summed E-state index contributed by atoms with van der Waals surface area (Å²) in [6, 6.07) is 15.7. The van der Waals surface area contributed by atoms with E-state index in [2.05, 4.69) is 15.1 Å². The Morgan fingerprint density at radius 3 is 2.44 bits per heavy atom. The number of amides is 1. The third-order valence-electron chi connectivity index (χ3n) is 3.85. The van der Waals surface area contributed by atoms with Crippen LogP contribution >= 0.6 is 0 Å². The van der Waals surface area contributed by atoms with Crippen molar-refractivity contribution in [2.24, 2.45) is 0 Å². The van der Waals surface area contributed by atoms with Gasteiger partial charge in [-0.05, 0) is 48.4 Å². The summed E-state index contributed by atoms with van der Waals surface area (Å²) in [5, 5.41) is 6.90. The van der Waals surface area contributed by atoms with Gasteiger partial charge in [-0.2, -0.15) is 5.10 Å². The van der Waals surface area contributed by atoms with E-state index >= 15 is 0 Å². The Bertz CT molecular complexity index is 1010. The van der Waals surface area contributed by atoms with Gasteiger partial charge in [-0.1, -0.05) is 18.2 Å². The Hall–Kier alpha value is -2.97. The molecule has 1 aromatic heterocycles. The van der Waals surface area contributed by atoms with E-state index in [9.17, 15) is 13.2 Å². The third kappa shape index (κ3) is 5.02. The second kappa shape index (κ2) is 8.15. The first kappa shape index (κ1) is 18.8. The summed E-state index contributed by atoms with van der Waals surface area (Å²) in [5.41, 5.74) is 2.43. The minimum absolute atomic E-state index is 0.150. The minimum Gasteiger partial charge on any atom is -0.326 e. The van der Waals surface area contributed by atoms with Crippen LogP contribution in [0.2, 0.25) is 0 Å². The summed E-state index contributed by atoms with van der Waals surface area (Å²) in [7, 11) is -3.61. The number of benzene rings is 2. The van der Waals surface area contributed by atoms with Gasteiger partial charge in [0.05, 0.1) is 16.8 Å². The van der Waals surface area contributed by atoms with Crippen LogP contribution in [0.4, 0.5) is 5.69 Å². The van der Waals surface area contributed by atoms with Crippen molar-refractivity contribution in [3.05, 3.63) is 72.6 Å².